The molecule has 0 aliphatic rings. The van der Waals surface area contributed by atoms with Gasteiger partial charge in [0.2, 0.25) is 4.77 Å². The lowest BCUT2D eigenvalue weighted by Gasteiger charge is -2.16. The first kappa shape index (κ1) is 19.4. The van der Waals surface area contributed by atoms with Crippen LogP contribution in [0.2, 0.25) is 0 Å². The molecule has 2 aromatic carbocycles. The SMILES string of the molecule is CCOc1cc(CNn2cn[nH]c2=S)c(Br)cc1OCc1ccccc1C. The number of rotatable bonds is 8. The number of halogens is 1. The molecule has 3 rings (SSSR count). The maximum atomic E-state index is 6.05. The van der Waals surface area contributed by atoms with Gasteiger partial charge in [-0.15, -0.1) is 0 Å². The first-order chi connectivity index (χ1) is 13.1. The third-order valence-corrected chi connectivity index (χ3v) is 5.08. The highest BCUT2D eigenvalue weighted by Crippen LogP contribution is 2.34. The maximum absolute atomic E-state index is 6.05. The molecule has 0 amide bonds. The molecule has 142 valence electrons. The summed E-state index contributed by atoms with van der Waals surface area (Å²) in [5.41, 5.74) is 6.57. The Balaban J connectivity index is 1.78. The van der Waals surface area contributed by atoms with Gasteiger partial charge in [0.05, 0.1) is 13.2 Å². The van der Waals surface area contributed by atoms with E-state index in [1.54, 1.807) is 11.0 Å². The Morgan fingerprint density at radius 2 is 1.96 bits per heavy atom. The Morgan fingerprint density at radius 1 is 1.19 bits per heavy atom. The Labute approximate surface area is 171 Å². The van der Waals surface area contributed by atoms with Gasteiger partial charge in [-0.05, 0) is 54.9 Å². The number of hydrogen-bond acceptors (Lipinski definition) is 5. The molecular weight excluding hydrogens is 428 g/mol. The minimum absolute atomic E-state index is 0.487. The van der Waals surface area contributed by atoms with Gasteiger partial charge in [-0.1, -0.05) is 40.2 Å². The highest BCUT2D eigenvalue weighted by Gasteiger charge is 2.12. The number of ether oxygens (including phenoxy) is 2. The van der Waals surface area contributed by atoms with E-state index in [0.717, 1.165) is 15.6 Å². The zero-order valence-electron chi connectivity index (χ0n) is 15.2. The maximum Gasteiger partial charge on any atom is 0.214 e. The Kier molecular flexibility index (Phi) is 6.52. The Hall–Kier alpha value is -2.32. The van der Waals surface area contributed by atoms with Crippen molar-refractivity contribution in [2.24, 2.45) is 0 Å². The molecule has 0 bridgehead atoms. The minimum Gasteiger partial charge on any atom is -0.490 e. The van der Waals surface area contributed by atoms with Gasteiger partial charge in [0, 0.05) is 4.47 Å². The molecule has 0 aliphatic heterocycles. The fourth-order valence-corrected chi connectivity index (χ4v) is 3.18. The molecule has 3 aromatic rings. The second-order valence-corrected chi connectivity index (χ2v) is 7.15. The average Bonchev–Trinajstić information content (AvgIpc) is 3.06. The van der Waals surface area contributed by atoms with Crippen molar-refractivity contribution in [2.45, 2.75) is 27.0 Å². The number of benzene rings is 2. The third kappa shape index (κ3) is 4.90. The summed E-state index contributed by atoms with van der Waals surface area (Å²) in [6, 6.07) is 12.1. The lowest BCUT2D eigenvalue weighted by Crippen LogP contribution is -2.14. The van der Waals surface area contributed by atoms with Gasteiger partial charge >= 0.3 is 0 Å². The monoisotopic (exact) mass is 448 g/mol. The molecule has 8 heteroatoms. The first-order valence-corrected chi connectivity index (χ1v) is 9.77. The molecule has 27 heavy (non-hydrogen) atoms. The van der Waals surface area contributed by atoms with Crippen LogP contribution in [0.1, 0.15) is 23.6 Å². The number of H-pyrrole nitrogens is 1. The summed E-state index contributed by atoms with van der Waals surface area (Å²) in [5, 5.41) is 6.60. The van der Waals surface area contributed by atoms with E-state index >= 15 is 0 Å². The smallest absolute Gasteiger partial charge is 0.214 e. The summed E-state index contributed by atoms with van der Waals surface area (Å²) in [6.45, 7) is 5.62. The molecule has 0 fully saturated rings. The van der Waals surface area contributed by atoms with Gasteiger partial charge in [0.1, 0.15) is 12.9 Å². The summed E-state index contributed by atoms with van der Waals surface area (Å²) in [7, 11) is 0. The van der Waals surface area contributed by atoms with Crippen LogP contribution < -0.4 is 14.9 Å². The third-order valence-electron chi connectivity index (χ3n) is 4.05. The Bertz CT molecular complexity index is 970. The van der Waals surface area contributed by atoms with Crippen molar-refractivity contribution in [3.05, 3.63) is 68.7 Å². The molecule has 0 spiro atoms. The van der Waals surface area contributed by atoms with Gasteiger partial charge in [0.15, 0.2) is 11.5 Å². The quantitative estimate of drug-likeness (QED) is 0.487. The van der Waals surface area contributed by atoms with Gasteiger partial charge in [-0.2, -0.15) is 5.10 Å². The van der Waals surface area contributed by atoms with Crippen molar-refractivity contribution in [1.29, 1.82) is 0 Å². The number of hydrogen-bond donors (Lipinski definition) is 2. The highest BCUT2D eigenvalue weighted by molar-refractivity contribution is 9.10. The van der Waals surface area contributed by atoms with E-state index in [4.69, 9.17) is 21.7 Å². The van der Waals surface area contributed by atoms with Gasteiger partial charge < -0.3 is 14.9 Å². The second kappa shape index (κ2) is 9.05. The molecule has 1 heterocycles. The fourth-order valence-electron chi connectivity index (χ4n) is 2.55. The van der Waals surface area contributed by atoms with Crippen LogP contribution in [0.5, 0.6) is 11.5 Å². The van der Waals surface area contributed by atoms with Crippen molar-refractivity contribution in [2.75, 3.05) is 12.0 Å². The van der Waals surface area contributed by atoms with Crippen LogP contribution in [-0.2, 0) is 13.2 Å². The van der Waals surface area contributed by atoms with Crippen LogP contribution in [0, 0.1) is 11.7 Å². The lowest BCUT2D eigenvalue weighted by molar-refractivity contribution is 0.268. The van der Waals surface area contributed by atoms with E-state index in [0.29, 0.717) is 36.0 Å². The van der Waals surface area contributed by atoms with E-state index in [-0.39, 0.29) is 0 Å². The Morgan fingerprint density at radius 3 is 2.67 bits per heavy atom. The predicted molar refractivity (Wildman–Crippen MR) is 111 cm³/mol. The lowest BCUT2D eigenvalue weighted by atomic mass is 10.1. The van der Waals surface area contributed by atoms with Gasteiger partial charge in [-0.3, -0.25) is 5.10 Å². The van der Waals surface area contributed by atoms with E-state index in [1.807, 2.05) is 31.2 Å². The van der Waals surface area contributed by atoms with Crippen LogP contribution in [0.25, 0.3) is 0 Å². The summed E-state index contributed by atoms with van der Waals surface area (Å²) in [5.74, 6) is 1.41. The summed E-state index contributed by atoms with van der Waals surface area (Å²) in [6.07, 6.45) is 1.60. The van der Waals surface area contributed by atoms with Crippen LogP contribution in [0.15, 0.2) is 47.2 Å². The molecular formula is C19H21BrN4O2S. The van der Waals surface area contributed by atoms with Crippen molar-refractivity contribution in [3.8, 4) is 11.5 Å². The summed E-state index contributed by atoms with van der Waals surface area (Å²) < 4.78 is 14.9. The number of aromatic amines is 1. The molecule has 0 atom stereocenters. The normalized spacial score (nSPS) is 10.6. The molecule has 0 saturated carbocycles. The molecule has 0 saturated heterocycles. The fraction of sp³-hybridized carbons (Fsp3) is 0.263. The molecule has 0 unspecified atom stereocenters. The topological polar surface area (TPSA) is 64.1 Å². The molecule has 0 radical (unpaired) electrons. The first-order valence-electron chi connectivity index (χ1n) is 8.57. The standard InChI is InChI=1S/C19H21BrN4O2S/c1-3-25-17-8-15(10-22-24-12-21-23-19(24)27)16(20)9-18(17)26-11-14-7-5-4-6-13(14)2/h4-9,12,22H,3,10-11H2,1-2H3,(H,23,27). The zero-order chi connectivity index (χ0) is 19.2. The van der Waals surface area contributed by atoms with Crippen molar-refractivity contribution in [3.63, 3.8) is 0 Å². The summed E-state index contributed by atoms with van der Waals surface area (Å²) in [4.78, 5) is 0. The average molecular weight is 449 g/mol. The van der Waals surface area contributed by atoms with E-state index in [1.165, 1.54) is 5.56 Å². The number of nitrogens with zero attached hydrogens (tertiary/aromatic N) is 2. The second-order valence-electron chi connectivity index (χ2n) is 5.90. The highest BCUT2D eigenvalue weighted by atomic mass is 79.9. The van der Waals surface area contributed by atoms with E-state index < -0.39 is 0 Å². The zero-order valence-corrected chi connectivity index (χ0v) is 17.6. The van der Waals surface area contributed by atoms with E-state index in [9.17, 15) is 0 Å². The number of aromatic nitrogens is 3. The molecule has 2 N–H and O–H groups in total. The van der Waals surface area contributed by atoms with Crippen molar-refractivity contribution in [1.82, 2.24) is 14.9 Å². The number of nitrogens with one attached hydrogen (secondary N) is 2. The van der Waals surface area contributed by atoms with Crippen LogP contribution in [0.4, 0.5) is 0 Å². The molecule has 6 nitrogen and oxygen atoms in total. The minimum atomic E-state index is 0.487. The molecule has 0 aliphatic carbocycles. The largest absolute Gasteiger partial charge is 0.490 e. The van der Waals surface area contributed by atoms with Gasteiger partial charge in [-0.25, -0.2) is 4.68 Å². The predicted octanol–water partition coefficient (Wildman–Crippen LogP) is 4.73. The van der Waals surface area contributed by atoms with E-state index in [2.05, 4.69) is 50.6 Å². The van der Waals surface area contributed by atoms with Crippen LogP contribution in [-0.4, -0.2) is 21.5 Å². The van der Waals surface area contributed by atoms with Crippen molar-refractivity contribution < 1.29 is 9.47 Å². The number of aryl methyl sites for hydroxylation is 1. The van der Waals surface area contributed by atoms with Crippen LogP contribution in [0.3, 0.4) is 0 Å². The molecule has 1 aromatic heterocycles. The van der Waals surface area contributed by atoms with Crippen LogP contribution >= 0.6 is 28.1 Å². The van der Waals surface area contributed by atoms with Crippen molar-refractivity contribution >= 4 is 28.1 Å². The van der Waals surface area contributed by atoms with Gasteiger partial charge in [0.25, 0.3) is 0 Å². The summed E-state index contributed by atoms with van der Waals surface area (Å²) >= 11 is 8.76.